The number of hydrogen-bond donors (Lipinski definition) is 1. The molecule has 0 spiro atoms. The minimum absolute atomic E-state index is 0.212. The maximum atomic E-state index is 11.6. The highest BCUT2D eigenvalue weighted by Gasteiger charge is 2.23. The summed E-state index contributed by atoms with van der Waals surface area (Å²) in [5.74, 6) is -0.212. The maximum Gasteiger partial charge on any atom is 0.328 e. The van der Waals surface area contributed by atoms with E-state index in [1.807, 2.05) is 43.3 Å². The van der Waals surface area contributed by atoms with Crippen LogP contribution < -0.4 is 15.1 Å². The summed E-state index contributed by atoms with van der Waals surface area (Å²) >= 11 is 0. The van der Waals surface area contributed by atoms with Crippen LogP contribution in [0.5, 0.6) is 0 Å². The van der Waals surface area contributed by atoms with E-state index in [-0.39, 0.29) is 11.9 Å². The molecule has 0 atom stereocenters. The SMILES string of the molecule is CN(C)c1ccc(N2CCC(=O)NC2=O)cc1. The zero-order chi connectivity index (χ0) is 12.4. The molecule has 2 rings (SSSR count). The molecule has 5 nitrogen and oxygen atoms in total. The molecule has 3 amide bonds. The van der Waals surface area contributed by atoms with Crippen molar-refractivity contribution in [3.63, 3.8) is 0 Å². The normalized spacial score (nSPS) is 15.8. The summed E-state index contributed by atoms with van der Waals surface area (Å²) in [6.07, 6.45) is 0.348. The van der Waals surface area contributed by atoms with Crippen molar-refractivity contribution in [2.45, 2.75) is 6.42 Å². The summed E-state index contributed by atoms with van der Waals surface area (Å²) in [6, 6.07) is 7.30. The molecule has 1 aromatic carbocycles. The average molecular weight is 233 g/mol. The van der Waals surface area contributed by atoms with Crippen LogP contribution in [0.15, 0.2) is 24.3 Å². The van der Waals surface area contributed by atoms with Crippen molar-refractivity contribution in [3.05, 3.63) is 24.3 Å². The highest BCUT2D eigenvalue weighted by Crippen LogP contribution is 2.20. The van der Waals surface area contributed by atoms with Crippen molar-refractivity contribution in [2.75, 3.05) is 30.4 Å². The summed E-state index contributed by atoms with van der Waals surface area (Å²) in [7, 11) is 3.92. The number of amides is 3. The molecule has 90 valence electrons. The van der Waals surface area contributed by atoms with Crippen LogP contribution >= 0.6 is 0 Å². The van der Waals surface area contributed by atoms with Gasteiger partial charge in [0.05, 0.1) is 0 Å². The van der Waals surface area contributed by atoms with Crippen LogP contribution in [0.4, 0.5) is 16.2 Å². The lowest BCUT2D eigenvalue weighted by Gasteiger charge is -2.26. The van der Waals surface area contributed by atoms with Gasteiger partial charge in [0.1, 0.15) is 0 Å². The lowest BCUT2D eigenvalue weighted by molar-refractivity contribution is -0.120. The number of imide groups is 1. The molecule has 1 aliphatic rings. The van der Waals surface area contributed by atoms with Crippen molar-refractivity contribution in [1.82, 2.24) is 5.32 Å². The number of rotatable bonds is 2. The van der Waals surface area contributed by atoms with E-state index in [1.54, 1.807) is 4.90 Å². The Labute approximate surface area is 100 Å². The number of nitrogens with one attached hydrogen (secondary N) is 1. The molecule has 1 fully saturated rings. The molecule has 1 N–H and O–H groups in total. The molecule has 1 heterocycles. The summed E-state index contributed by atoms with van der Waals surface area (Å²) in [6.45, 7) is 0.436. The van der Waals surface area contributed by atoms with E-state index in [4.69, 9.17) is 0 Å². The molecule has 0 unspecified atom stereocenters. The van der Waals surface area contributed by atoms with E-state index < -0.39 is 0 Å². The second-order valence-electron chi connectivity index (χ2n) is 4.17. The van der Waals surface area contributed by atoms with Gasteiger partial charge in [-0.15, -0.1) is 0 Å². The van der Waals surface area contributed by atoms with Crippen LogP contribution in [0.1, 0.15) is 6.42 Å². The predicted molar refractivity (Wildman–Crippen MR) is 66.3 cm³/mol. The van der Waals surface area contributed by atoms with E-state index in [9.17, 15) is 9.59 Å². The first-order valence-corrected chi connectivity index (χ1v) is 5.46. The molecule has 1 aromatic rings. The Hall–Kier alpha value is -2.04. The van der Waals surface area contributed by atoms with Gasteiger partial charge in [0, 0.05) is 38.4 Å². The van der Waals surface area contributed by atoms with Crippen LogP contribution in [0, 0.1) is 0 Å². The Morgan fingerprint density at radius 1 is 1.18 bits per heavy atom. The van der Waals surface area contributed by atoms with Crippen molar-refractivity contribution in [3.8, 4) is 0 Å². The molecule has 1 aliphatic heterocycles. The highest BCUT2D eigenvalue weighted by molar-refractivity contribution is 6.05. The average Bonchev–Trinajstić information content (AvgIpc) is 2.29. The zero-order valence-electron chi connectivity index (χ0n) is 9.93. The number of nitrogens with zero attached hydrogens (tertiary/aromatic N) is 2. The molecule has 0 radical (unpaired) electrons. The molecule has 0 bridgehead atoms. The van der Waals surface area contributed by atoms with E-state index in [1.165, 1.54) is 0 Å². The summed E-state index contributed by atoms with van der Waals surface area (Å²) in [4.78, 5) is 26.2. The third kappa shape index (κ3) is 2.38. The Kier molecular flexibility index (Phi) is 2.99. The van der Waals surface area contributed by atoms with E-state index >= 15 is 0 Å². The lowest BCUT2D eigenvalue weighted by Crippen LogP contribution is -2.49. The van der Waals surface area contributed by atoms with Gasteiger partial charge in [0.25, 0.3) is 0 Å². The van der Waals surface area contributed by atoms with Gasteiger partial charge >= 0.3 is 6.03 Å². The number of hydrogen-bond acceptors (Lipinski definition) is 3. The smallest absolute Gasteiger partial charge is 0.328 e. The summed E-state index contributed by atoms with van der Waals surface area (Å²) in [5.41, 5.74) is 1.88. The molecule has 17 heavy (non-hydrogen) atoms. The Morgan fingerprint density at radius 3 is 2.35 bits per heavy atom. The fraction of sp³-hybridized carbons (Fsp3) is 0.333. The molecule has 1 saturated heterocycles. The highest BCUT2D eigenvalue weighted by atomic mass is 16.2. The van der Waals surface area contributed by atoms with Crippen molar-refractivity contribution < 1.29 is 9.59 Å². The van der Waals surface area contributed by atoms with Gasteiger partial charge < -0.3 is 4.90 Å². The molecule has 0 aliphatic carbocycles. The Balaban J connectivity index is 2.17. The first-order valence-electron chi connectivity index (χ1n) is 5.46. The third-order valence-electron chi connectivity index (χ3n) is 2.73. The Morgan fingerprint density at radius 2 is 1.82 bits per heavy atom. The minimum Gasteiger partial charge on any atom is -0.378 e. The number of anilines is 2. The summed E-state index contributed by atoms with van der Waals surface area (Å²) < 4.78 is 0. The van der Waals surface area contributed by atoms with Crippen molar-refractivity contribution in [1.29, 1.82) is 0 Å². The van der Waals surface area contributed by atoms with Gasteiger partial charge in [-0.05, 0) is 24.3 Å². The van der Waals surface area contributed by atoms with Crippen LogP contribution in [-0.4, -0.2) is 32.6 Å². The van der Waals surface area contributed by atoms with Crippen molar-refractivity contribution >= 4 is 23.3 Å². The van der Waals surface area contributed by atoms with Crippen LogP contribution in [0.25, 0.3) is 0 Å². The standard InChI is InChI=1S/C12H15N3O2/c1-14(2)9-3-5-10(6-4-9)15-8-7-11(16)13-12(15)17/h3-6H,7-8H2,1-2H3,(H,13,16,17). The zero-order valence-corrected chi connectivity index (χ0v) is 9.93. The largest absolute Gasteiger partial charge is 0.378 e. The number of carbonyl (C=O) groups is 2. The fourth-order valence-electron chi connectivity index (χ4n) is 1.74. The predicted octanol–water partition coefficient (Wildman–Crippen LogP) is 1.20. The first kappa shape index (κ1) is 11.4. The molecule has 0 aromatic heterocycles. The van der Waals surface area contributed by atoms with E-state index in [2.05, 4.69) is 5.32 Å². The molecule has 0 saturated carbocycles. The number of urea groups is 1. The summed E-state index contributed by atoms with van der Waals surface area (Å²) in [5, 5.41) is 2.30. The number of benzene rings is 1. The third-order valence-corrected chi connectivity index (χ3v) is 2.73. The van der Waals surface area contributed by atoms with Gasteiger partial charge in [-0.25, -0.2) is 4.79 Å². The second kappa shape index (κ2) is 4.45. The van der Waals surface area contributed by atoms with Crippen LogP contribution in [-0.2, 0) is 4.79 Å². The lowest BCUT2D eigenvalue weighted by atomic mass is 10.2. The van der Waals surface area contributed by atoms with Gasteiger partial charge in [-0.3, -0.25) is 15.0 Å². The first-order chi connectivity index (χ1) is 8.08. The van der Waals surface area contributed by atoms with Gasteiger partial charge in [-0.2, -0.15) is 0 Å². The Bertz CT molecular complexity index is 440. The monoisotopic (exact) mass is 233 g/mol. The molecular formula is C12H15N3O2. The minimum atomic E-state index is -0.348. The van der Waals surface area contributed by atoms with E-state index in [0.29, 0.717) is 13.0 Å². The quantitative estimate of drug-likeness (QED) is 0.835. The van der Waals surface area contributed by atoms with Crippen molar-refractivity contribution in [2.24, 2.45) is 0 Å². The number of carbonyl (C=O) groups excluding carboxylic acids is 2. The maximum absolute atomic E-state index is 11.6. The van der Waals surface area contributed by atoms with Crippen LogP contribution in [0.3, 0.4) is 0 Å². The molecular weight excluding hydrogens is 218 g/mol. The van der Waals surface area contributed by atoms with Gasteiger partial charge in [-0.1, -0.05) is 0 Å². The van der Waals surface area contributed by atoms with Gasteiger partial charge in [0.15, 0.2) is 0 Å². The van der Waals surface area contributed by atoms with Crippen LogP contribution in [0.2, 0.25) is 0 Å². The van der Waals surface area contributed by atoms with Gasteiger partial charge in [0.2, 0.25) is 5.91 Å². The van der Waals surface area contributed by atoms with E-state index in [0.717, 1.165) is 11.4 Å². The fourth-order valence-corrected chi connectivity index (χ4v) is 1.74. The second-order valence-corrected chi connectivity index (χ2v) is 4.17. The molecule has 5 heteroatoms. The topological polar surface area (TPSA) is 52.6 Å².